The molecule has 278 valence electrons. The number of ketones is 1. The Labute approximate surface area is 297 Å². The highest BCUT2D eigenvalue weighted by Gasteiger charge is 2.12. The summed E-state index contributed by atoms with van der Waals surface area (Å²) in [4.78, 5) is 37.8. The van der Waals surface area contributed by atoms with Gasteiger partial charge in [0.25, 0.3) is 0 Å². The van der Waals surface area contributed by atoms with Crippen molar-refractivity contribution in [1.29, 1.82) is 0 Å². The molecular formula is C42H76N2O4. The zero-order valence-electron chi connectivity index (χ0n) is 32.0. The van der Waals surface area contributed by atoms with Crippen LogP contribution in [-0.4, -0.2) is 48.7 Å². The molecule has 0 aliphatic heterocycles. The van der Waals surface area contributed by atoms with Crippen molar-refractivity contribution in [2.45, 2.75) is 188 Å². The number of ether oxygens (including phenoxy) is 1. The number of allylic oxidation sites excluding steroid dienone is 3. The first-order valence-electron chi connectivity index (χ1n) is 19.8. The SMILES string of the molecule is C=C(C)N(C(=C)C)C(C)/C=C\CCCCC(=O)NCCCOC[C@H](CC=O)CCC(=O)CCCCCCCCCCCCCCCCC. The van der Waals surface area contributed by atoms with Gasteiger partial charge in [0, 0.05) is 62.9 Å². The molecule has 1 unspecified atom stereocenters. The van der Waals surface area contributed by atoms with Gasteiger partial charge in [0.1, 0.15) is 12.1 Å². The van der Waals surface area contributed by atoms with E-state index in [4.69, 9.17) is 4.74 Å². The molecule has 0 spiro atoms. The fraction of sp³-hybridized carbons (Fsp3) is 0.786. The minimum absolute atomic E-state index is 0.0783. The number of hydrogen-bond acceptors (Lipinski definition) is 5. The molecule has 0 rings (SSSR count). The molecule has 48 heavy (non-hydrogen) atoms. The molecule has 0 saturated carbocycles. The maximum Gasteiger partial charge on any atom is 0.219 e. The lowest BCUT2D eigenvalue weighted by atomic mass is 9.97. The van der Waals surface area contributed by atoms with Crippen LogP contribution in [0.4, 0.5) is 0 Å². The molecule has 0 aromatic heterocycles. The summed E-state index contributed by atoms with van der Waals surface area (Å²) < 4.78 is 5.80. The normalized spacial score (nSPS) is 12.6. The molecule has 0 saturated heterocycles. The number of nitrogens with one attached hydrogen (secondary N) is 1. The lowest BCUT2D eigenvalue weighted by Gasteiger charge is -2.29. The number of unbranched alkanes of at least 4 members (excludes halogenated alkanes) is 16. The van der Waals surface area contributed by atoms with Crippen molar-refractivity contribution in [2.24, 2.45) is 5.92 Å². The maximum absolute atomic E-state index is 12.4. The number of amides is 1. The quantitative estimate of drug-likeness (QED) is 0.0407. The van der Waals surface area contributed by atoms with E-state index in [1.807, 2.05) is 13.8 Å². The van der Waals surface area contributed by atoms with Crippen LogP contribution in [0, 0.1) is 5.92 Å². The van der Waals surface area contributed by atoms with Gasteiger partial charge in [0.05, 0.1) is 0 Å². The van der Waals surface area contributed by atoms with Crippen LogP contribution >= 0.6 is 0 Å². The average molecular weight is 673 g/mol. The van der Waals surface area contributed by atoms with Crippen molar-refractivity contribution in [3.8, 4) is 0 Å². The van der Waals surface area contributed by atoms with E-state index in [-0.39, 0.29) is 17.9 Å². The number of hydrogen-bond donors (Lipinski definition) is 1. The molecule has 2 atom stereocenters. The molecule has 0 aliphatic carbocycles. The highest BCUT2D eigenvalue weighted by atomic mass is 16.5. The van der Waals surface area contributed by atoms with Crippen LogP contribution < -0.4 is 5.32 Å². The highest BCUT2D eigenvalue weighted by Crippen LogP contribution is 2.17. The van der Waals surface area contributed by atoms with Gasteiger partial charge in [0.2, 0.25) is 5.91 Å². The van der Waals surface area contributed by atoms with Crippen molar-refractivity contribution in [2.75, 3.05) is 19.8 Å². The molecular weight excluding hydrogens is 596 g/mol. The first kappa shape index (κ1) is 45.8. The van der Waals surface area contributed by atoms with Crippen LogP contribution in [0.5, 0.6) is 0 Å². The van der Waals surface area contributed by atoms with E-state index in [1.54, 1.807) is 0 Å². The monoisotopic (exact) mass is 673 g/mol. The van der Waals surface area contributed by atoms with Crippen molar-refractivity contribution >= 4 is 18.0 Å². The molecule has 0 bridgehead atoms. The van der Waals surface area contributed by atoms with Crippen LogP contribution in [-0.2, 0) is 19.1 Å². The number of carbonyl (C=O) groups excluding carboxylic acids is 3. The molecule has 6 nitrogen and oxygen atoms in total. The van der Waals surface area contributed by atoms with E-state index in [0.717, 1.165) is 56.2 Å². The van der Waals surface area contributed by atoms with Gasteiger partial charge in [-0.3, -0.25) is 9.59 Å². The maximum atomic E-state index is 12.4. The van der Waals surface area contributed by atoms with Crippen molar-refractivity contribution in [3.63, 3.8) is 0 Å². The number of nitrogens with zero attached hydrogens (tertiary/aromatic N) is 1. The predicted octanol–water partition coefficient (Wildman–Crippen LogP) is 11.2. The van der Waals surface area contributed by atoms with Gasteiger partial charge in [-0.2, -0.15) is 0 Å². The zero-order chi connectivity index (χ0) is 35.7. The standard InChI is InChI=1S/C42H76N2O4/c1-7-8-9-10-11-12-13-14-15-16-17-18-19-20-24-28-41(46)31-30-40(32-34-45)36-48-35-26-33-43-42(47)29-25-22-21-23-27-39(6)44(37(2)3)38(4)5/h23,27,34,39-40H,2,4,7-22,24-26,28-33,35-36H2,1,3,5-6H3,(H,43,47)/b27-23-/t39?,40-/m0/s1. The van der Waals surface area contributed by atoms with Crippen molar-refractivity contribution in [3.05, 3.63) is 36.7 Å². The molecule has 0 aromatic carbocycles. The Balaban J connectivity index is 3.76. The lowest BCUT2D eigenvalue weighted by molar-refractivity contribution is -0.121. The zero-order valence-corrected chi connectivity index (χ0v) is 32.0. The number of Topliss-reactive ketones (excluding diaryl/α,β-unsaturated/α-hetero) is 1. The van der Waals surface area contributed by atoms with E-state index in [2.05, 4.69) is 49.4 Å². The van der Waals surface area contributed by atoms with Gasteiger partial charge in [-0.05, 0) is 65.2 Å². The molecule has 0 fully saturated rings. The molecule has 6 heteroatoms. The summed E-state index contributed by atoms with van der Waals surface area (Å²) in [5.74, 6) is 0.476. The Morgan fingerprint density at radius 2 is 1.29 bits per heavy atom. The summed E-state index contributed by atoms with van der Waals surface area (Å²) in [6.07, 6.45) is 31.5. The highest BCUT2D eigenvalue weighted by molar-refractivity contribution is 5.78. The van der Waals surface area contributed by atoms with E-state index in [9.17, 15) is 14.4 Å². The topological polar surface area (TPSA) is 75.7 Å². The molecule has 1 amide bonds. The van der Waals surface area contributed by atoms with Gasteiger partial charge >= 0.3 is 0 Å². The molecule has 0 aliphatic rings. The molecule has 0 aromatic rings. The Kier molecular flexibility index (Phi) is 31.8. The van der Waals surface area contributed by atoms with Crippen LogP contribution in [0.1, 0.15) is 182 Å². The summed E-state index contributed by atoms with van der Waals surface area (Å²) in [7, 11) is 0. The molecule has 0 heterocycles. The fourth-order valence-corrected chi connectivity index (χ4v) is 6.28. The van der Waals surface area contributed by atoms with Gasteiger partial charge in [0.15, 0.2) is 0 Å². The minimum atomic E-state index is 0.0783. The van der Waals surface area contributed by atoms with E-state index in [1.165, 1.54) is 83.5 Å². The van der Waals surface area contributed by atoms with Crippen LogP contribution in [0.15, 0.2) is 36.7 Å². The Morgan fingerprint density at radius 3 is 1.83 bits per heavy atom. The summed E-state index contributed by atoms with van der Waals surface area (Å²) in [5, 5.41) is 2.98. The Bertz CT molecular complexity index is 854. The fourth-order valence-electron chi connectivity index (χ4n) is 6.28. The third-order valence-corrected chi connectivity index (χ3v) is 9.13. The Hall–Kier alpha value is -2.21. The second-order valence-corrected chi connectivity index (χ2v) is 14.1. The smallest absolute Gasteiger partial charge is 0.219 e. The van der Waals surface area contributed by atoms with Gasteiger partial charge < -0.3 is 19.7 Å². The van der Waals surface area contributed by atoms with Crippen molar-refractivity contribution in [1.82, 2.24) is 10.2 Å². The summed E-state index contributed by atoms with van der Waals surface area (Å²) in [6, 6.07) is 0.218. The van der Waals surface area contributed by atoms with Crippen LogP contribution in [0.2, 0.25) is 0 Å². The number of carbonyl (C=O) groups is 3. The first-order chi connectivity index (χ1) is 23.2. The summed E-state index contributed by atoms with van der Waals surface area (Å²) in [5.41, 5.74) is 1.96. The Morgan fingerprint density at radius 1 is 0.750 bits per heavy atom. The van der Waals surface area contributed by atoms with Crippen LogP contribution in [0.3, 0.4) is 0 Å². The van der Waals surface area contributed by atoms with Crippen LogP contribution in [0.25, 0.3) is 0 Å². The second kappa shape index (κ2) is 33.3. The largest absolute Gasteiger partial charge is 0.381 e. The van der Waals surface area contributed by atoms with E-state index < -0.39 is 0 Å². The van der Waals surface area contributed by atoms with Gasteiger partial charge in [-0.25, -0.2) is 0 Å². The van der Waals surface area contributed by atoms with Gasteiger partial charge in [-0.15, -0.1) is 0 Å². The summed E-state index contributed by atoms with van der Waals surface area (Å²) >= 11 is 0. The summed E-state index contributed by atoms with van der Waals surface area (Å²) in [6.45, 7) is 18.0. The third kappa shape index (κ3) is 28.8. The lowest BCUT2D eigenvalue weighted by Crippen LogP contribution is -2.27. The third-order valence-electron chi connectivity index (χ3n) is 9.13. The van der Waals surface area contributed by atoms with Gasteiger partial charge in [-0.1, -0.05) is 122 Å². The van der Waals surface area contributed by atoms with E-state index in [0.29, 0.717) is 57.6 Å². The average Bonchev–Trinajstić information content (AvgIpc) is 3.04. The molecule has 0 radical (unpaired) electrons. The minimum Gasteiger partial charge on any atom is -0.381 e. The molecule has 1 N–H and O–H groups in total. The predicted molar refractivity (Wildman–Crippen MR) is 205 cm³/mol. The first-order valence-corrected chi connectivity index (χ1v) is 19.8. The van der Waals surface area contributed by atoms with Crippen molar-refractivity contribution < 1.29 is 19.1 Å². The van der Waals surface area contributed by atoms with E-state index >= 15 is 0 Å². The number of aldehydes is 1. The second-order valence-electron chi connectivity index (χ2n) is 14.1. The number of rotatable bonds is 36.